The molecule has 0 amide bonds. The van der Waals surface area contributed by atoms with E-state index in [0.717, 1.165) is 0 Å². The van der Waals surface area contributed by atoms with Crippen LogP contribution >= 0.6 is 0 Å². The zero-order valence-electron chi connectivity index (χ0n) is 8.27. The van der Waals surface area contributed by atoms with Gasteiger partial charge in [0.25, 0.3) is 0 Å². The van der Waals surface area contributed by atoms with E-state index in [1.807, 2.05) is 0 Å². The molecule has 0 saturated heterocycles. The fourth-order valence-corrected chi connectivity index (χ4v) is 0. The molecule has 0 aromatic heterocycles. The number of hydrogen-bond donors (Lipinski definition) is 4. The van der Waals surface area contributed by atoms with Gasteiger partial charge < -0.3 is 53.3 Å². The Morgan fingerprint density at radius 3 is 0.421 bits per heavy atom. The summed E-state index contributed by atoms with van der Waals surface area (Å²) in [6, 6.07) is 0. The summed E-state index contributed by atoms with van der Waals surface area (Å²) in [6.45, 7) is 0. The third-order valence-electron chi connectivity index (χ3n) is 0. The van der Waals surface area contributed by atoms with E-state index in [2.05, 4.69) is 0 Å². The van der Waals surface area contributed by atoms with Gasteiger partial charge in [-0.2, -0.15) is 0 Å². The normalized spacial score (nSPS) is 2.53. The second-order valence-electron chi connectivity index (χ2n) is 0.565. The first-order valence-corrected chi connectivity index (χ1v) is 1.30. The van der Waals surface area contributed by atoms with E-state index in [9.17, 15) is 0 Å². The Hall–Kier alpha value is 0.832. The van der Waals surface area contributed by atoms with Gasteiger partial charge in [0.15, 0.2) is 0 Å². The van der Waals surface area contributed by atoms with E-state index in [-0.39, 0.29) is 117 Å². The first-order valence-electron chi connectivity index (χ1n) is 1.30. The van der Waals surface area contributed by atoms with Crippen molar-refractivity contribution >= 4 is 12.3 Å². The van der Waals surface area contributed by atoms with E-state index in [1.54, 1.807) is 0 Å². The average Bonchev–Trinajstić information content (AvgIpc) is 1.25. The first-order chi connectivity index (χ1) is 3.46. The minimum Gasteiger partial charge on any atom is -0.450 e. The van der Waals surface area contributed by atoms with Gasteiger partial charge in [-0.1, -0.05) is 0 Å². The van der Waals surface area contributed by atoms with Gasteiger partial charge in [0, 0.05) is 83.9 Å². The monoisotopic (exact) mass is 527 g/mol. The van der Waals surface area contributed by atoms with E-state index in [4.69, 9.17) is 30.0 Å². The molecule has 0 aliphatic carbocycles. The van der Waals surface area contributed by atoms with Crippen LogP contribution in [0.25, 0.3) is 0 Å². The number of carboxylic acid groups (broad SMARTS) is 4. The Morgan fingerprint density at radius 1 is 0.421 bits per heavy atom. The summed E-state index contributed by atoms with van der Waals surface area (Å²) in [5.41, 5.74) is 0. The number of hydrogen-bond acceptors (Lipinski definition) is 2. The largest absolute Gasteiger partial charge is 0.503 e. The third kappa shape index (κ3) is 7700. The molecule has 0 aromatic rings. The van der Waals surface area contributed by atoms with Gasteiger partial charge in [0.05, 0.1) is 0 Å². The van der Waals surface area contributed by atoms with Crippen molar-refractivity contribution in [1.29, 1.82) is 0 Å². The van der Waals surface area contributed by atoms with Gasteiger partial charge in [0.1, 0.15) is 0 Å². The number of rotatable bonds is 0. The maximum atomic E-state index is 8.56. The molecular formula is C2H16Co5O12. The van der Waals surface area contributed by atoms with E-state index in [1.165, 1.54) is 0 Å². The average molecular weight is 527 g/mol. The van der Waals surface area contributed by atoms with Crippen molar-refractivity contribution in [2.45, 2.75) is 0 Å². The van der Waals surface area contributed by atoms with Gasteiger partial charge in [0.2, 0.25) is 0 Å². The molecule has 0 unspecified atom stereocenters. The van der Waals surface area contributed by atoms with E-state index < -0.39 is 12.3 Å². The number of carbonyl (C=O) groups is 2. The van der Waals surface area contributed by atoms with Crippen LogP contribution in [0.1, 0.15) is 0 Å². The molecule has 0 spiro atoms. The predicted octanol–water partition coefficient (Wildman–Crippen LogP) is -4.52. The summed E-state index contributed by atoms with van der Waals surface area (Å²) in [4.78, 5) is 17.1. The molecular weight excluding hydrogens is 511 g/mol. The van der Waals surface area contributed by atoms with Gasteiger partial charge in [-0.25, -0.2) is 9.59 Å². The standard InChI is InChI=1S/2CH2O3.5Co.6H2O/c2*2-1(3)4;;;;;;;;;;;/h2*(H2,2,3,4);;;;;;6*1H2. The molecule has 5 radical (unpaired) electrons. The molecule has 0 fully saturated rings. The van der Waals surface area contributed by atoms with Crippen LogP contribution in [0, 0.1) is 0 Å². The molecule has 0 saturated carbocycles. The summed E-state index contributed by atoms with van der Waals surface area (Å²) in [5, 5.41) is 27.9. The fourth-order valence-electron chi connectivity index (χ4n) is 0. The summed E-state index contributed by atoms with van der Waals surface area (Å²) >= 11 is 0. The Morgan fingerprint density at radius 2 is 0.421 bits per heavy atom. The Kier molecular flexibility index (Phi) is 1020. The Bertz CT molecular complexity index is 82.1. The topological polar surface area (TPSA) is 304 Å². The zero-order valence-corrected chi connectivity index (χ0v) is 13.5. The van der Waals surface area contributed by atoms with Crippen molar-refractivity contribution in [2.75, 3.05) is 0 Å². The zero-order chi connectivity index (χ0) is 7.15. The molecule has 0 aliphatic rings. The van der Waals surface area contributed by atoms with Crippen LogP contribution in [-0.2, 0) is 83.9 Å². The van der Waals surface area contributed by atoms with Crippen molar-refractivity contribution in [2.24, 2.45) is 0 Å². The maximum absolute atomic E-state index is 8.56. The van der Waals surface area contributed by atoms with Crippen LogP contribution in [0.2, 0.25) is 0 Å². The van der Waals surface area contributed by atoms with E-state index in [0.29, 0.717) is 0 Å². The van der Waals surface area contributed by atoms with Crippen molar-refractivity contribution in [1.82, 2.24) is 0 Å². The van der Waals surface area contributed by atoms with Gasteiger partial charge >= 0.3 is 12.3 Å². The third-order valence-corrected chi connectivity index (χ3v) is 0. The quantitative estimate of drug-likeness (QED) is 0.240. The Labute approximate surface area is 158 Å². The molecule has 12 nitrogen and oxygen atoms in total. The molecule has 19 heavy (non-hydrogen) atoms. The smallest absolute Gasteiger partial charge is 0.450 e. The molecule has 0 rings (SSSR count). The van der Waals surface area contributed by atoms with Crippen molar-refractivity contribution in [3.63, 3.8) is 0 Å². The molecule has 17 heteroatoms. The summed E-state index contributed by atoms with van der Waals surface area (Å²) < 4.78 is 0. The molecule has 0 bridgehead atoms. The van der Waals surface area contributed by atoms with Crippen LogP contribution in [0.5, 0.6) is 0 Å². The Balaban J connectivity index is -0.00000000218. The van der Waals surface area contributed by atoms with Crippen molar-refractivity contribution in [3.8, 4) is 0 Å². The maximum Gasteiger partial charge on any atom is 0.503 e. The molecule has 141 valence electrons. The van der Waals surface area contributed by atoms with Gasteiger partial charge in [-0.15, -0.1) is 0 Å². The first kappa shape index (κ1) is 151. The SMILES string of the molecule is O.O.O.O.O.O.O=C(O)O.O=C(O)O.[Co].[Co].[Co].[Co].[Co]. The molecule has 0 heterocycles. The van der Waals surface area contributed by atoms with Crippen LogP contribution < -0.4 is 0 Å². The van der Waals surface area contributed by atoms with Crippen LogP contribution in [-0.4, -0.2) is 65.6 Å². The van der Waals surface area contributed by atoms with Crippen molar-refractivity contribution < 1.29 is 147 Å². The van der Waals surface area contributed by atoms with Crippen molar-refractivity contribution in [3.05, 3.63) is 0 Å². The summed E-state index contributed by atoms with van der Waals surface area (Å²) in [5.74, 6) is 0. The summed E-state index contributed by atoms with van der Waals surface area (Å²) in [6.07, 6.45) is -3.67. The van der Waals surface area contributed by atoms with E-state index >= 15 is 0 Å². The van der Waals surface area contributed by atoms with Crippen LogP contribution in [0.3, 0.4) is 0 Å². The van der Waals surface area contributed by atoms with Crippen LogP contribution in [0.15, 0.2) is 0 Å². The molecule has 0 aliphatic heterocycles. The van der Waals surface area contributed by atoms with Gasteiger partial charge in [-0.05, 0) is 0 Å². The molecule has 16 N–H and O–H groups in total. The second kappa shape index (κ2) is 128. The minimum atomic E-state index is -1.83. The van der Waals surface area contributed by atoms with Crippen LogP contribution in [0.4, 0.5) is 9.59 Å². The fraction of sp³-hybridized carbons (Fsp3) is 0. The second-order valence-corrected chi connectivity index (χ2v) is 0.565. The predicted molar refractivity (Wildman–Crippen MR) is 43.0 cm³/mol. The van der Waals surface area contributed by atoms with Gasteiger partial charge in [-0.3, -0.25) is 0 Å². The summed E-state index contributed by atoms with van der Waals surface area (Å²) in [7, 11) is 0. The minimum absolute atomic E-state index is 0. The molecule has 0 atom stereocenters. The molecule has 0 aromatic carbocycles.